The molecule has 1 aliphatic rings. The van der Waals surface area contributed by atoms with Gasteiger partial charge in [-0.2, -0.15) is 9.97 Å². The van der Waals surface area contributed by atoms with Crippen molar-refractivity contribution in [2.24, 2.45) is 0 Å². The molecule has 0 N–H and O–H groups in total. The number of aromatic nitrogens is 2. The molecule has 2 heterocycles. The maximum atomic E-state index is 13.8. The summed E-state index contributed by atoms with van der Waals surface area (Å²) in [6, 6.07) is 5.06. The molecule has 0 aliphatic carbocycles. The molecular weight excluding hydrogens is 321 g/mol. The first-order valence-electron chi connectivity index (χ1n) is 7.33. The molecule has 5 nitrogen and oxygen atoms in total. The molecule has 1 aromatic heterocycles. The Morgan fingerprint density at radius 3 is 2.83 bits per heavy atom. The lowest BCUT2D eigenvalue weighted by atomic mass is 10.2. The molecule has 3 rings (SSSR count). The van der Waals surface area contributed by atoms with Crippen LogP contribution >= 0.6 is 11.6 Å². The van der Waals surface area contributed by atoms with E-state index in [0.29, 0.717) is 35.4 Å². The van der Waals surface area contributed by atoms with Crippen LogP contribution in [0.2, 0.25) is 5.02 Å². The van der Waals surface area contributed by atoms with Crippen molar-refractivity contribution in [1.29, 1.82) is 0 Å². The zero-order valence-corrected chi connectivity index (χ0v) is 13.5. The summed E-state index contributed by atoms with van der Waals surface area (Å²) in [5, 5.41) is 0.452. The second-order valence-corrected chi connectivity index (χ2v) is 5.78. The van der Waals surface area contributed by atoms with E-state index in [1.54, 1.807) is 31.6 Å². The van der Waals surface area contributed by atoms with Gasteiger partial charge in [-0.05, 0) is 18.6 Å². The Hall–Kier alpha value is -1.92. The number of likely N-dealkylation sites (tertiary alicyclic amines) is 1. The van der Waals surface area contributed by atoms with Crippen molar-refractivity contribution in [3.63, 3.8) is 0 Å². The number of methoxy groups -OCH3 is 1. The first-order chi connectivity index (χ1) is 11.2. The SMILES string of the molecule is COc1cnc(OC2CCN(Cc3c(F)cccc3Cl)C2)nc1. The summed E-state index contributed by atoms with van der Waals surface area (Å²) < 4.78 is 24.6. The number of halogens is 2. The normalized spacial score (nSPS) is 18.1. The van der Waals surface area contributed by atoms with E-state index < -0.39 is 0 Å². The van der Waals surface area contributed by atoms with E-state index in [1.165, 1.54) is 6.07 Å². The standard InChI is InChI=1S/C16H17ClFN3O2/c1-22-12-7-19-16(20-8-12)23-11-5-6-21(9-11)10-13-14(17)3-2-4-15(13)18/h2-4,7-8,11H,5-6,9-10H2,1H3. The number of rotatable bonds is 5. The van der Waals surface area contributed by atoms with E-state index in [4.69, 9.17) is 21.1 Å². The predicted molar refractivity (Wildman–Crippen MR) is 84.3 cm³/mol. The summed E-state index contributed by atoms with van der Waals surface area (Å²) >= 11 is 6.07. The summed E-state index contributed by atoms with van der Waals surface area (Å²) in [5.74, 6) is 0.306. The van der Waals surface area contributed by atoms with Gasteiger partial charge in [0.15, 0.2) is 5.75 Å². The smallest absolute Gasteiger partial charge is 0.316 e. The number of ether oxygens (including phenoxy) is 2. The van der Waals surface area contributed by atoms with Gasteiger partial charge < -0.3 is 9.47 Å². The number of hydrogen-bond acceptors (Lipinski definition) is 5. The Morgan fingerprint density at radius 2 is 2.13 bits per heavy atom. The Morgan fingerprint density at radius 1 is 1.35 bits per heavy atom. The van der Waals surface area contributed by atoms with Crippen molar-refractivity contribution >= 4 is 11.6 Å². The van der Waals surface area contributed by atoms with Gasteiger partial charge in [-0.25, -0.2) is 4.39 Å². The summed E-state index contributed by atoms with van der Waals surface area (Å²) in [5.41, 5.74) is 0.524. The molecule has 1 atom stereocenters. The molecule has 0 bridgehead atoms. The van der Waals surface area contributed by atoms with Crippen molar-refractivity contribution in [3.8, 4) is 11.8 Å². The summed E-state index contributed by atoms with van der Waals surface area (Å²) in [7, 11) is 1.56. The Kier molecular flexibility index (Phi) is 4.93. The van der Waals surface area contributed by atoms with Crippen LogP contribution in [0, 0.1) is 5.82 Å². The van der Waals surface area contributed by atoms with Crippen LogP contribution < -0.4 is 9.47 Å². The van der Waals surface area contributed by atoms with Gasteiger partial charge in [0.2, 0.25) is 0 Å². The van der Waals surface area contributed by atoms with Crippen molar-refractivity contribution in [3.05, 3.63) is 47.0 Å². The molecule has 0 amide bonds. The van der Waals surface area contributed by atoms with Crippen LogP contribution in [0.4, 0.5) is 4.39 Å². The Balaban J connectivity index is 1.58. The highest BCUT2D eigenvalue weighted by molar-refractivity contribution is 6.31. The summed E-state index contributed by atoms with van der Waals surface area (Å²) in [6.07, 6.45) is 3.94. The second-order valence-electron chi connectivity index (χ2n) is 5.37. The van der Waals surface area contributed by atoms with Crippen LogP contribution in [0.3, 0.4) is 0 Å². The molecule has 0 radical (unpaired) electrons. The van der Waals surface area contributed by atoms with Gasteiger partial charge in [-0.15, -0.1) is 0 Å². The fraction of sp³-hybridized carbons (Fsp3) is 0.375. The molecule has 1 unspecified atom stereocenters. The topological polar surface area (TPSA) is 47.5 Å². The van der Waals surface area contributed by atoms with Crippen LogP contribution in [-0.4, -0.2) is 41.2 Å². The highest BCUT2D eigenvalue weighted by atomic mass is 35.5. The zero-order valence-electron chi connectivity index (χ0n) is 12.7. The molecular formula is C16H17ClFN3O2. The van der Waals surface area contributed by atoms with Crippen LogP contribution in [0.5, 0.6) is 11.8 Å². The lowest BCUT2D eigenvalue weighted by molar-refractivity contribution is 0.182. The lowest BCUT2D eigenvalue weighted by Gasteiger charge is -2.17. The fourth-order valence-electron chi connectivity index (χ4n) is 2.56. The van der Waals surface area contributed by atoms with E-state index in [9.17, 15) is 4.39 Å². The fourth-order valence-corrected chi connectivity index (χ4v) is 2.79. The van der Waals surface area contributed by atoms with E-state index in [2.05, 4.69) is 14.9 Å². The van der Waals surface area contributed by atoms with Gasteiger partial charge >= 0.3 is 6.01 Å². The molecule has 0 saturated carbocycles. The van der Waals surface area contributed by atoms with Crippen LogP contribution in [0.1, 0.15) is 12.0 Å². The van der Waals surface area contributed by atoms with Crippen LogP contribution in [0.25, 0.3) is 0 Å². The number of benzene rings is 1. The summed E-state index contributed by atoms with van der Waals surface area (Å²) in [4.78, 5) is 10.3. The monoisotopic (exact) mass is 337 g/mol. The lowest BCUT2D eigenvalue weighted by Crippen LogP contribution is -2.25. The first-order valence-corrected chi connectivity index (χ1v) is 7.71. The van der Waals surface area contributed by atoms with Crippen molar-refractivity contribution < 1.29 is 13.9 Å². The van der Waals surface area contributed by atoms with Gasteiger partial charge in [0.1, 0.15) is 11.9 Å². The van der Waals surface area contributed by atoms with Gasteiger partial charge in [0.05, 0.1) is 19.5 Å². The summed E-state index contributed by atoms with van der Waals surface area (Å²) in [6.45, 7) is 1.96. The molecule has 1 saturated heterocycles. The van der Waals surface area contributed by atoms with Crippen LogP contribution in [0.15, 0.2) is 30.6 Å². The predicted octanol–water partition coefficient (Wildman–Crippen LogP) is 2.93. The average Bonchev–Trinajstić information content (AvgIpc) is 2.99. The average molecular weight is 338 g/mol. The minimum atomic E-state index is -0.277. The molecule has 7 heteroatoms. The van der Waals surface area contributed by atoms with Crippen molar-refractivity contribution in [2.45, 2.75) is 19.1 Å². The van der Waals surface area contributed by atoms with Gasteiger partial charge in [0.25, 0.3) is 0 Å². The Bertz CT molecular complexity index is 649. The maximum absolute atomic E-state index is 13.8. The maximum Gasteiger partial charge on any atom is 0.316 e. The number of nitrogens with zero attached hydrogens (tertiary/aromatic N) is 3. The minimum absolute atomic E-state index is 0.0195. The molecule has 2 aromatic rings. The van der Waals surface area contributed by atoms with Gasteiger partial charge in [0, 0.05) is 30.2 Å². The molecule has 23 heavy (non-hydrogen) atoms. The third-order valence-corrected chi connectivity index (χ3v) is 4.14. The molecule has 122 valence electrons. The number of hydrogen-bond donors (Lipinski definition) is 0. The van der Waals surface area contributed by atoms with Gasteiger partial charge in [-0.1, -0.05) is 17.7 Å². The highest BCUT2D eigenvalue weighted by Gasteiger charge is 2.26. The minimum Gasteiger partial charge on any atom is -0.494 e. The molecule has 1 aliphatic heterocycles. The van der Waals surface area contributed by atoms with E-state index in [0.717, 1.165) is 13.0 Å². The van der Waals surface area contributed by atoms with Crippen molar-refractivity contribution in [2.75, 3.05) is 20.2 Å². The van der Waals surface area contributed by atoms with Gasteiger partial charge in [-0.3, -0.25) is 4.90 Å². The van der Waals surface area contributed by atoms with Crippen molar-refractivity contribution in [1.82, 2.24) is 14.9 Å². The molecule has 0 spiro atoms. The highest BCUT2D eigenvalue weighted by Crippen LogP contribution is 2.24. The molecule has 1 fully saturated rings. The quantitative estimate of drug-likeness (QED) is 0.839. The van der Waals surface area contributed by atoms with E-state index >= 15 is 0 Å². The third kappa shape index (κ3) is 3.89. The zero-order chi connectivity index (χ0) is 16.2. The van der Waals surface area contributed by atoms with Crippen LogP contribution in [-0.2, 0) is 6.54 Å². The molecule has 1 aromatic carbocycles. The first kappa shape index (κ1) is 16.0. The second kappa shape index (κ2) is 7.10. The third-order valence-electron chi connectivity index (χ3n) is 3.78. The van der Waals surface area contributed by atoms with E-state index in [-0.39, 0.29) is 11.9 Å². The largest absolute Gasteiger partial charge is 0.494 e. The van der Waals surface area contributed by atoms with E-state index in [1.807, 2.05) is 0 Å². The Labute approximate surface area is 139 Å².